The summed E-state index contributed by atoms with van der Waals surface area (Å²) in [6.45, 7) is 1.84. The summed E-state index contributed by atoms with van der Waals surface area (Å²) >= 11 is 0. The van der Waals surface area contributed by atoms with Crippen molar-refractivity contribution in [2.75, 3.05) is 5.75 Å². The van der Waals surface area contributed by atoms with Crippen molar-refractivity contribution in [1.82, 2.24) is 0 Å². The second-order valence-corrected chi connectivity index (χ2v) is 5.16. The normalized spacial score (nSPS) is 10.8. The Morgan fingerprint density at radius 1 is 1.00 bits per heavy atom. The highest BCUT2D eigenvalue weighted by Gasteiger charge is 2.02. The molecule has 0 aliphatic rings. The van der Waals surface area contributed by atoms with Crippen LogP contribution >= 0.6 is 0 Å². The van der Waals surface area contributed by atoms with E-state index in [9.17, 15) is 8.42 Å². The molecule has 88 valence electrons. The molecule has 3 nitrogen and oxygen atoms in total. The Hall–Kier alpha value is -0.530. The van der Waals surface area contributed by atoms with Gasteiger partial charge in [-0.1, -0.05) is 25.7 Å². The zero-order valence-electron chi connectivity index (χ0n) is 9.33. The van der Waals surface area contributed by atoms with E-state index in [-0.39, 0.29) is 5.75 Å². The predicted octanol–water partition coefficient (Wildman–Crippen LogP) is 2.63. The zero-order valence-corrected chi connectivity index (χ0v) is 10.1. The molecule has 0 radical (unpaired) electrons. The quantitative estimate of drug-likeness (QED) is 0.397. The second kappa shape index (κ2) is 8.75. The van der Waals surface area contributed by atoms with Crippen LogP contribution in [0.1, 0.15) is 51.9 Å². The molecule has 0 aromatic heterocycles. The van der Waals surface area contributed by atoms with Crippen LogP contribution in [-0.4, -0.2) is 18.7 Å². The van der Waals surface area contributed by atoms with Crippen LogP contribution in [0.15, 0.2) is 0 Å². The summed E-state index contributed by atoms with van der Waals surface area (Å²) in [4.78, 5) is 0. The Balaban J connectivity index is 3.14. The van der Waals surface area contributed by atoms with Crippen LogP contribution < -0.4 is 0 Å². The molecular weight excluding hydrogens is 212 g/mol. The molecule has 0 saturated carbocycles. The van der Waals surface area contributed by atoms with Crippen LogP contribution in [-0.2, 0) is 10.1 Å². The van der Waals surface area contributed by atoms with E-state index in [1.807, 2.05) is 6.92 Å². The summed E-state index contributed by atoms with van der Waals surface area (Å²) in [5.41, 5.74) is 0. The Morgan fingerprint density at radius 2 is 1.53 bits per heavy atom. The number of hydrogen-bond donors (Lipinski definition) is 1. The lowest BCUT2D eigenvalue weighted by Crippen LogP contribution is -2.03. The van der Waals surface area contributed by atoms with Crippen LogP contribution in [0.25, 0.3) is 0 Å². The first kappa shape index (κ1) is 14.5. The first-order valence-electron chi connectivity index (χ1n) is 5.41. The Bertz CT molecular complexity index is 296. The summed E-state index contributed by atoms with van der Waals surface area (Å²) in [5, 5.41) is 0. The average molecular weight is 232 g/mol. The van der Waals surface area contributed by atoms with E-state index in [0.717, 1.165) is 38.5 Å². The van der Waals surface area contributed by atoms with Crippen molar-refractivity contribution in [3.8, 4) is 11.8 Å². The van der Waals surface area contributed by atoms with Gasteiger partial charge in [0.05, 0.1) is 5.75 Å². The first-order valence-corrected chi connectivity index (χ1v) is 7.02. The van der Waals surface area contributed by atoms with Crippen LogP contribution in [0.3, 0.4) is 0 Å². The molecule has 0 aromatic carbocycles. The molecule has 0 aliphatic carbocycles. The molecule has 0 saturated heterocycles. The highest BCUT2D eigenvalue weighted by atomic mass is 32.2. The smallest absolute Gasteiger partial charge is 0.264 e. The van der Waals surface area contributed by atoms with Gasteiger partial charge >= 0.3 is 0 Å². The molecule has 0 amide bonds. The highest BCUT2D eigenvalue weighted by molar-refractivity contribution is 7.85. The van der Waals surface area contributed by atoms with Crippen LogP contribution in [0, 0.1) is 11.8 Å². The molecule has 0 fully saturated rings. The molecule has 4 heteroatoms. The average Bonchev–Trinajstić information content (AvgIpc) is 2.14. The van der Waals surface area contributed by atoms with Crippen molar-refractivity contribution in [3.05, 3.63) is 0 Å². The standard InChI is InChI=1S/C11H20O3S/c1-2-3-4-5-6-7-8-9-10-11-15(12,13)14/h4-11H2,1H3,(H,12,13,14). The van der Waals surface area contributed by atoms with Gasteiger partial charge in [0, 0.05) is 6.42 Å². The minimum absolute atomic E-state index is 0.103. The lowest BCUT2D eigenvalue weighted by atomic mass is 10.1. The first-order chi connectivity index (χ1) is 7.06. The van der Waals surface area contributed by atoms with E-state index in [4.69, 9.17) is 4.55 Å². The second-order valence-electron chi connectivity index (χ2n) is 3.58. The van der Waals surface area contributed by atoms with Crippen molar-refractivity contribution < 1.29 is 13.0 Å². The van der Waals surface area contributed by atoms with Gasteiger partial charge in [-0.15, -0.1) is 11.8 Å². The minimum Gasteiger partial charge on any atom is -0.286 e. The third-order valence-electron chi connectivity index (χ3n) is 2.13. The number of hydrogen-bond acceptors (Lipinski definition) is 2. The molecule has 15 heavy (non-hydrogen) atoms. The number of unbranched alkanes of at least 4 members (excludes halogenated alkanes) is 6. The van der Waals surface area contributed by atoms with Gasteiger partial charge in [0.1, 0.15) is 0 Å². The largest absolute Gasteiger partial charge is 0.286 e. The molecule has 0 rings (SSSR count). The van der Waals surface area contributed by atoms with Gasteiger partial charge in [-0.3, -0.25) is 4.55 Å². The molecule has 1 N–H and O–H groups in total. The van der Waals surface area contributed by atoms with Gasteiger partial charge in [-0.2, -0.15) is 8.42 Å². The van der Waals surface area contributed by atoms with Crippen molar-refractivity contribution in [1.29, 1.82) is 0 Å². The van der Waals surface area contributed by atoms with E-state index >= 15 is 0 Å². The van der Waals surface area contributed by atoms with E-state index in [1.165, 1.54) is 0 Å². The molecule has 0 aromatic rings. The van der Waals surface area contributed by atoms with Gasteiger partial charge in [-0.05, 0) is 19.8 Å². The summed E-state index contributed by atoms with van der Waals surface area (Å²) in [6, 6.07) is 0. The topological polar surface area (TPSA) is 54.4 Å². The molecule has 0 spiro atoms. The van der Waals surface area contributed by atoms with E-state index < -0.39 is 10.1 Å². The summed E-state index contributed by atoms with van der Waals surface area (Å²) in [6.07, 6.45) is 6.83. The Morgan fingerprint density at radius 3 is 2.07 bits per heavy atom. The maximum atomic E-state index is 10.4. The fourth-order valence-corrected chi connectivity index (χ4v) is 1.90. The Labute approximate surface area is 93.0 Å². The maximum Gasteiger partial charge on any atom is 0.264 e. The molecule has 0 heterocycles. The summed E-state index contributed by atoms with van der Waals surface area (Å²) in [7, 11) is -3.75. The minimum atomic E-state index is -3.75. The van der Waals surface area contributed by atoms with Gasteiger partial charge < -0.3 is 0 Å². The monoisotopic (exact) mass is 232 g/mol. The molecule has 0 aliphatic heterocycles. The van der Waals surface area contributed by atoms with Gasteiger partial charge in [0.15, 0.2) is 0 Å². The predicted molar refractivity (Wildman–Crippen MR) is 62.2 cm³/mol. The molecule has 0 unspecified atom stereocenters. The third kappa shape index (κ3) is 13.5. The number of rotatable bonds is 8. The van der Waals surface area contributed by atoms with Crippen LogP contribution in [0.4, 0.5) is 0 Å². The van der Waals surface area contributed by atoms with Gasteiger partial charge in [0.25, 0.3) is 10.1 Å². The van der Waals surface area contributed by atoms with Gasteiger partial charge in [0.2, 0.25) is 0 Å². The molecular formula is C11H20O3S. The summed E-state index contributed by atoms with van der Waals surface area (Å²) < 4.78 is 29.2. The van der Waals surface area contributed by atoms with Crippen molar-refractivity contribution in [2.24, 2.45) is 0 Å². The van der Waals surface area contributed by atoms with E-state index in [1.54, 1.807) is 0 Å². The van der Waals surface area contributed by atoms with Crippen molar-refractivity contribution >= 4 is 10.1 Å². The van der Waals surface area contributed by atoms with Gasteiger partial charge in [-0.25, -0.2) is 0 Å². The van der Waals surface area contributed by atoms with E-state index in [0.29, 0.717) is 6.42 Å². The van der Waals surface area contributed by atoms with Crippen LogP contribution in [0.2, 0.25) is 0 Å². The molecule has 0 bridgehead atoms. The fraction of sp³-hybridized carbons (Fsp3) is 0.818. The zero-order chi connectivity index (χ0) is 11.6. The van der Waals surface area contributed by atoms with Crippen molar-refractivity contribution in [3.63, 3.8) is 0 Å². The summed E-state index contributed by atoms with van der Waals surface area (Å²) in [5.74, 6) is 5.76. The molecule has 0 atom stereocenters. The van der Waals surface area contributed by atoms with Crippen molar-refractivity contribution in [2.45, 2.75) is 51.9 Å². The SMILES string of the molecule is CC#CCCCCCCCCS(=O)(=O)O. The Kier molecular flexibility index (Phi) is 8.44. The maximum absolute atomic E-state index is 10.4. The van der Waals surface area contributed by atoms with E-state index in [2.05, 4.69) is 11.8 Å². The lowest BCUT2D eigenvalue weighted by molar-refractivity contribution is 0.478. The fourth-order valence-electron chi connectivity index (χ4n) is 1.33. The lowest BCUT2D eigenvalue weighted by Gasteiger charge is -1.99. The third-order valence-corrected chi connectivity index (χ3v) is 2.94. The highest BCUT2D eigenvalue weighted by Crippen LogP contribution is 2.07. The van der Waals surface area contributed by atoms with Crippen LogP contribution in [0.5, 0.6) is 0 Å².